The van der Waals surface area contributed by atoms with E-state index in [1.165, 1.54) is 6.54 Å². The van der Waals surface area contributed by atoms with E-state index < -0.39 is 0 Å². The van der Waals surface area contributed by atoms with Crippen molar-refractivity contribution in [3.8, 4) is 0 Å². The molecule has 0 bridgehead atoms. The Balaban J connectivity index is -0.000000605. The summed E-state index contributed by atoms with van der Waals surface area (Å²) in [6.07, 6.45) is 0. The van der Waals surface area contributed by atoms with Crippen LogP contribution in [0.5, 0.6) is 0 Å². The number of rotatable bonds is 6. The van der Waals surface area contributed by atoms with Crippen molar-refractivity contribution in [3.05, 3.63) is 0 Å². The predicted molar refractivity (Wildman–Crippen MR) is 70.0 cm³/mol. The number of nitrogens with one attached hydrogen (secondary N) is 1. The smallest absolute Gasteiger partial charge is 0.0214 e. The molecular formula is C10H26Cl2N2. The minimum absolute atomic E-state index is 0. The zero-order chi connectivity index (χ0) is 9.56. The van der Waals surface area contributed by atoms with E-state index in [4.69, 9.17) is 0 Å². The standard InChI is InChI=1S/C10H24N2.2ClH/c1-6-12(7-2)8-10(11-5)9(3)4;;/h9-11H,6-8H2,1-5H3;2*1H. The van der Waals surface area contributed by atoms with Gasteiger partial charge in [0.25, 0.3) is 0 Å². The molecule has 0 amide bonds. The van der Waals surface area contributed by atoms with Crippen LogP contribution in [0, 0.1) is 5.92 Å². The third kappa shape index (κ3) is 7.86. The van der Waals surface area contributed by atoms with Gasteiger partial charge in [-0.2, -0.15) is 0 Å². The van der Waals surface area contributed by atoms with Crippen LogP contribution in [0.1, 0.15) is 27.7 Å². The highest BCUT2D eigenvalue weighted by atomic mass is 35.5. The van der Waals surface area contributed by atoms with Crippen LogP contribution in [-0.2, 0) is 0 Å². The van der Waals surface area contributed by atoms with Gasteiger partial charge in [-0.15, -0.1) is 24.8 Å². The van der Waals surface area contributed by atoms with Crippen LogP contribution in [0.4, 0.5) is 0 Å². The molecule has 0 spiro atoms. The maximum Gasteiger partial charge on any atom is 0.0214 e. The summed E-state index contributed by atoms with van der Waals surface area (Å²) in [5.41, 5.74) is 0. The van der Waals surface area contributed by atoms with E-state index in [1.807, 2.05) is 7.05 Å². The fourth-order valence-electron chi connectivity index (χ4n) is 1.40. The van der Waals surface area contributed by atoms with Crippen molar-refractivity contribution >= 4 is 24.8 Å². The number of halogens is 2. The van der Waals surface area contributed by atoms with Gasteiger partial charge in [0.2, 0.25) is 0 Å². The zero-order valence-corrected chi connectivity index (χ0v) is 11.7. The average molecular weight is 245 g/mol. The Morgan fingerprint density at radius 2 is 1.50 bits per heavy atom. The normalized spacial score (nSPS) is 12.2. The fourth-order valence-corrected chi connectivity index (χ4v) is 1.40. The van der Waals surface area contributed by atoms with Crippen molar-refractivity contribution < 1.29 is 0 Å². The van der Waals surface area contributed by atoms with Gasteiger partial charge in [0.05, 0.1) is 0 Å². The first-order chi connectivity index (χ1) is 5.65. The first-order valence-electron chi connectivity index (χ1n) is 5.05. The summed E-state index contributed by atoms with van der Waals surface area (Å²) < 4.78 is 0. The van der Waals surface area contributed by atoms with Crippen LogP contribution in [0.2, 0.25) is 0 Å². The molecule has 0 aliphatic heterocycles. The number of hydrogen-bond donors (Lipinski definition) is 1. The molecular weight excluding hydrogens is 219 g/mol. The van der Waals surface area contributed by atoms with Crippen LogP contribution in [0.25, 0.3) is 0 Å². The monoisotopic (exact) mass is 244 g/mol. The number of hydrogen-bond acceptors (Lipinski definition) is 2. The molecule has 0 radical (unpaired) electrons. The minimum Gasteiger partial charge on any atom is -0.315 e. The summed E-state index contributed by atoms with van der Waals surface area (Å²) in [7, 11) is 2.05. The van der Waals surface area contributed by atoms with Gasteiger partial charge in [-0.05, 0) is 26.1 Å². The predicted octanol–water partition coefficient (Wildman–Crippen LogP) is 2.42. The van der Waals surface area contributed by atoms with Gasteiger partial charge in [0.1, 0.15) is 0 Å². The second kappa shape index (κ2) is 11.6. The molecule has 1 atom stereocenters. The summed E-state index contributed by atoms with van der Waals surface area (Å²) in [4.78, 5) is 2.46. The molecule has 0 aromatic rings. The first-order valence-corrected chi connectivity index (χ1v) is 5.05. The average Bonchev–Trinajstić information content (AvgIpc) is 2.06. The molecule has 4 heteroatoms. The van der Waals surface area contributed by atoms with E-state index in [1.54, 1.807) is 0 Å². The second-order valence-corrected chi connectivity index (χ2v) is 3.63. The van der Waals surface area contributed by atoms with E-state index in [2.05, 4.69) is 37.9 Å². The van der Waals surface area contributed by atoms with Gasteiger partial charge < -0.3 is 10.2 Å². The van der Waals surface area contributed by atoms with Crippen molar-refractivity contribution in [2.45, 2.75) is 33.7 Å². The van der Waals surface area contributed by atoms with Gasteiger partial charge in [0.15, 0.2) is 0 Å². The molecule has 0 aromatic carbocycles. The fraction of sp³-hybridized carbons (Fsp3) is 1.00. The highest BCUT2D eigenvalue weighted by molar-refractivity contribution is 5.85. The van der Waals surface area contributed by atoms with Crippen LogP contribution < -0.4 is 5.32 Å². The molecule has 1 unspecified atom stereocenters. The van der Waals surface area contributed by atoms with E-state index in [0.717, 1.165) is 19.0 Å². The molecule has 0 saturated heterocycles. The molecule has 0 saturated carbocycles. The lowest BCUT2D eigenvalue weighted by Gasteiger charge is -2.27. The maximum absolute atomic E-state index is 3.36. The largest absolute Gasteiger partial charge is 0.315 e. The number of nitrogens with zero attached hydrogens (tertiary/aromatic N) is 1. The highest BCUT2D eigenvalue weighted by Crippen LogP contribution is 2.03. The lowest BCUT2D eigenvalue weighted by atomic mass is 10.0. The molecule has 0 aromatic heterocycles. The van der Waals surface area contributed by atoms with E-state index >= 15 is 0 Å². The van der Waals surface area contributed by atoms with Crippen LogP contribution in [0.3, 0.4) is 0 Å². The van der Waals surface area contributed by atoms with Gasteiger partial charge in [-0.1, -0.05) is 27.7 Å². The Labute approximate surface area is 102 Å². The Morgan fingerprint density at radius 1 is 1.07 bits per heavy atom. The Morgan fingerprint density at radius 3 is 1.71 bits per heavy atom. The maximum atomic E-state index is 3.36. The third-order valence-electron chi connectivity index (χ3n) is 2.52. The Bertz CT molecular complexity index is 106. The summed E-state index contributed by atoms with van der Waals surface area (Å²) in [6.45, 7) is 12.5. The van der Waals surface area contributed by atoms with Crippen molar-refractivity contribution in [2.24, 2.45) is 5.92 Å². The topological polar surface area (TPSA) is 15.3 Å². The lowest BCUT2D eigenvalue weighted by Crippen LogP contribution is -2.42. The summed E-state index contributed by atoms with van der Waals surface area (Å²) in [5, 5.41) is 3.36. The van der Waals surface area contributed by atoms with Crippen LogP contribution in [-0.4, -0.2) is 37.6 Å². The van der Waals surface area contributed by atoms with Gasteiger partial charge in [-0.25, -0.2) is 0 Å². The SMILES string of the molecule is CCN(CC)CC(NC)C(C)C.Cl.Cl. The zero-order valence-electron chi connectivity index (χ0n) is 10.0. The van der Waals surface area contributed by atoms with Gasteiger partial charge >= 0.3 is 0 Å². The van der Waals surface area contributed by atoms with Crippen molar-refractivity contribution in [1.29, 1.82) is 0 Å². The van der Waals surface area contributed by atoms with Crippen LogP contribution >= 0.6 is 24.8 Å². The molecule has 0 aliphatic carbocycles. The van der Waals surface area contributed by atoms with E-state index in [0.29, 0.717) is 6.04 Å². The summed E-state index contributed by atoms with van der Waals surface area (Å²) >= 11 is 0. The quantitative estimate of drug-likeness (QED) is 0.773. The molecule has 0 fully saturated rings. The Hall–Kier alpha value is 0.500. The Kier molecular flexibility index (Phi) is 16.5. The van der Waals surface area contributed by atoms with Crippen molar-refractivity contribution in [1.82, 2.24) is 10.2 Å². The van der Waals surface area contributed by atoms with E-state index in [9.17, 15) is 0 Å². The van der Waals surface area contributed by atoms with Crippen molar-refractivity contribution in [3.63, 3.8) is 0 Å². The van der Waals surface area contributed by atoms with Crippen LogP contribution in [0.15, 0.2) is 0 Å². The third-order valence-corrected chi connectivity index (χ3v) is 2.52. The number of likely N-dealkylation sites (N-methyl/N-ethyl adjacent to an activating group) is 2. The molecule has 2 nitrogen and oxygen atoms in total. The van der Waals surface area contributed by atoms with E-state index in [-0.39, 0.29) is 24.8 Å². The highest BCUT2D eigenvalue weighted by Gasteiger charge is 2.13. The first kappa shape index (κ1) is 20.0. The second-order valence-electron chi connectivity index (χ2n) is 3.63. The molecule has 1 N–H and O–H groups in total. The molecule has 0 heterocycles. The van der Waals surface area contributed by atoms with Crippen molar-refractivity contribution in [2.75, 3.05) is 26.7 Å². The molecule has 14 heavy (non-hydrogen) atoms. The minimum atomic E-state index is 0. The lowest BCUT2D eigenvalue weighted by molar-refractivity contribution is 0.242. The summed E-state index contributed by atoms with van der Waals surface area (Å²) in [5.74, 6) is 0.718. The molecule has 90 valence electrons. The van der Waals surface area contributed by atoms with Gasteiger partial charge in [0, 0.05) is 12.6 Å². The molecule has 0 aliphatic rings. The summed E-state index contributed by atoms with van der Waals surface area (Å²) in [6, 6.07) is 0.630. The van der Waals surface area contributed by atoms with Gasteiger partial charge in [-0.3, -0.25) is 0 Å². The molecule has 0 rings (SSSR count).